The van der Waals surface area contributed by atoms with Gasteiger partial charge in [0, 0.05) is 19.5 Å². The van der Waals surface area contributed by atoms with Gasteiger partial charge in [0.15, 0.2) is 0 Å². The topological polar surface area (TPSA) is 80.3 Å². The summed E-state index contributed by atoms with van der Waals surface area (Å²) in [5, 5.41) is 10.4. The number of rotatable bonds is 4. The van der Waals surface area contributed by atoms with Crippen LogP contribution in [0.5, 0.6) is 0 Å². The Hall–Kier alpha value is -2.37. The summed E-state index contributed by atoms with van der Waals surface area (Å²) >= 11 is 0. The van der Waals surface area contributed by atoms with Gasteiger partial charge in [0.1, 0.15) is 0 Å². The molecule has 0 spiro atoms. The maximum absolute atomic E-state index is 11.3. The van der Waals surface area contributed by atoms with Crippen molar-refractivity contribution >= 4 is 17.8 Å². The standard InChI is InChI=1S/C15H18N4O2/c1-15(14(16)20)9-13(18-21-15)12-5-3-11(4-6-12)10-17-19-7-2-8-19/h3-6,10H,2,7-9H2,1H3,(H2,16,20). The number of nitrogens with zero attached hydrogens (tertiary/aromatic N) is 3. The Bertz CT molecular complexity index is 605. The van der Waals surface area contributed by atoms with Crippen molar-refractivity contribution < 1.29 is 9.63 Å². The summed E-state index contributed by atoms with van der Waals surface area (Å²) in [6.45, 7) is 3.72. The number of oxime groups is 1. The summed E-state index contributed by atoms with van der Waals surface area (Å²) in [6, 6.07) is 7.85. The molecule has 1 atom stereocenters. The van der Waals surface area contributed by atoms with Gasteiger partial charge in [0.25, 0.3) is 5.91 Å². The predicted molar refractivity (Wildman–Crippen MR) is 80.1 cm³/mol. The average Bonchev–Trinajstić information content (AvgIpc) is 2.82. The first-order chi connectivity index (χ1) is 10.1. The molecule has 110 valence electrons. The lowest BCUT2D eigenvalue weighted by atomic mass is 9.95. The minimum Gasteiger partial charge on any atom is -0.379 e. The van der Waals surface area contributed by atoms with E-state index in [0.29, 0.717) is 6.42 Å². The second-order valence-electron chi connectivity index (χ2n) is 5.57. The molecule has 0 saturated carbocycles. The Kier molecular flexibility index (Phi) is 3.37. The molecule has 6 heteroatoms. The molecule has 1 unspecified atom stereocenters. The van der Waals surface area contributed by atoms with E-state index in [1.165, 1.54) is 6.42 Å². The van der Waals surface area contributed by atoms with Crippen LogP contribution >= 0.6 is 0 Å². The molecule has 1 aromatic carbocycles. The number of amides is 1. The first-order valence-corrected chi connectivity index (χ1v) is 7.01. The molecule has 0 radical (unpaired) electrons. The zero-order valence-corrected chi connectivity index (χ0v) is 12.0. The van der Waals surface area contributed by atoms with Crippen LogP contribution in [0.4, 0.5) is 0 Å². The lowest BCUT2D eigenvalue weighted by Gasteiger charge is -2.27. The van der Waals surface area contributed by atoms with Gasteiger partial charge in [-0.25, -0.2) is 0 Å². The Labute approximate surface area is 123 Å². The highest BCUT2D eigenvalue weighted by atomic mass is 16.7. The quantitative estimate of drug-likeness (QED) is 0.841. The summed E-state index contributed by atoms with van der Waals surface area (Å²) < 4.78 is 0. The van der Waals surface area contributed by atoms with Gasteiger partial charge in [0.2, 0.25) is 5.60 Å². The Morgan fingerprint density at radius 2 is 2.14 bits per heavy atom. The summed E-state index contributed by atoms with van der Waals surface area (Å²) in [5.74, 6) is -0.500. The van der Waals surface area contributed by atoms with Gasteiger partial charge in [-0.2, -0.15) is 5.10 Å². The van der Waals surface area contributed by atoms with Crippen LogP contribution < -0.4 is 5.73 Å². The Morgan fingerprint density at radius 1 is 1.43 bits per heavy atom. The normalized spacial score (nSPS) is 24.6. The van der Waals surface area contributed by atoms with Gasteiger partial charge in [-0.3, -0.25) is 9.80 Å². The maximum atomic E-state index is 11.3. The van der Waals surface area contributed by atoms with Crippen LogP contribution in [0.3, 0.4) is 0 Å². The summed E-state index contributed by atoms with van der Waals surface area (Å²) in [4.78, 5) is 16.5. The molecule has 2 aliphatic rings. The summed E-state index contributed by atoms with van der Waals surface area (Å²) in [6.07, 6.45) is 3.46. The number of hydrogen-bond donors (Lipinski definition) is 1. The van der Waals surface area contributed by atoms with Crippen LogP contribution in [0.2, 0.25) is 0 Å². The van der Waals surface area contributed by atoms with E-state index in [2.05, 4.69) is 10.3 Å². The van der Waals surface area contributed by atoms with Crippen LogP contribution in [0.1, 0.15) is 30.9 Å². The zero-order chi connectivity index (χ0) is 14.9. The number of carbonyl (C=O) groups is 1. The highest BCUT2D eigenvalue weighted by Gasteiger charge is 2.40. The number of carbonyl (C=O) groups excluding carboxylic acids is 1. The molecule has 2 aliphatic heterocycles. The van der Waals surface area contributed by atoms with Crippen molar-refractivity contribution in [2.45, 2.75) is 25.4 Å². The molecule has 3 rings (SSSR count). The monoisotopic (exact) mass is 286 g/mol. The molecule has 1 amide bonds. The number of primary amides is 1. The van der Waals surface area contributed by atoms with Gasteiger partial charge >= 0.3 is 0 Å². The van der Waals surface area contributed by atoms with Gasteiger partial charge < -0.3 is 10.6 Å². The van der Waals surface area contributed by atoms with Gasteiger partial charge in [-0.05, 0) is 24.5 Å². The van der Waals surface area contributed by atoms with E-state index in [4.69, 9.17) is 10.6 Å². The highest BCUT2D eigenvalue weighted by molar-refractivity contribution is 6.05. The number of hydrazone groups is 1. The van der Waals surface area contributed by atoms with Crippen molar-refractivity contribution in [2.75, 3.05) is 13.1 Å². The number of nitrogens with two attached hydrogens (primary N) is 1. The van der Waals surface area contributed by atoms with Crippen molar-refractivity contribution in [2.24, 2.45) is 16.0 Å². The predicted octanol–water partition coefficient (Wildman–Crippen LogP) is 1.09. The van der Waals surface area contributed by atoms with Crippen molar-refractivity contribution in [3.8, 4) is 0 Å². The van der Waals surface area contributed by atoms with Crippen molar-refractivity contribution in [1.82, 2.24) is 5.01 Å². The first-order valence-electron chi connectivity index (χ1n) is 7.01. The highest BCUT2D eigenvalue weighted by Crippen LogP contribution is 2.26. The van der Waals surface area contributed by atoms with Crippen molar-refractivity contribution in [3.05, 3.63) is 35.4 Å². The largest absolute Gasteiger partial charge is 0.379 e. The van der Waals surface area contributed by atoms with Gasteiger partial charge in [-0.15, -0.1) is 0 Å². The second kappa shape index (κ2) is 5.20. The SMILES string of the molecule is CC1(C(N)=O)CC(c2ccc(C=NN3CCC3)cc2)=NO1. The Morgan fingerprint density at radius 3 is 2.67 bits per heavy atom. The fourth-order valence-corrected chi connectivity index (χ4v) is 2.15. The third kappa shape index (κ3) is 2.74. The van der Waals surface area contributed by atoms with E-state index in [1.54, 1.807) is 6.92 Å². The molecular formula is C15H18N4O2. The molecule has 2 heterocycles. The minimum atomic E-state index is -1.03. The molecule has 0 bridgehead atoms. The van der Waals surface area contributed by atoms with Crippen molar-refractivity contribution in [3.63, 3.8) is 0 Å². The third-order valence-corrected chi connectivity index (χ3v) is 3.83. The fraction of sp³-hybridized carbons (Fsp3) is 0.400. The van der Waals surface area contributed by atoms with E-state index in [-0.39, 0.29) is 0 Å². The van der Waals surface area contributed by atoms with Gasteiger partial charge in [0.05, 0.1) is 11.9 Å². The minimum absolute atomic E-state index is 0.392. The van der Waals surface area contributed by atoms with Crippen LogP contribution in [-0.2, 0) is 9.63 Å². The lowest BCUT2D eigenvalue weighted by molar-refractivity contribution is -0.138. The summed E-state index contributed by atoms with van der Waals surface area (Å²) in [7, 11) is 0. The molecular weight excluding hydrogens is 268 g/mol. The maximum Gasteiger partial charge on any atom is 0.264 e. The van der Waals surface area contributed by atoms with Crippen molar-refractivity contribution in [1.29, 1.82) is 0 Å². The lowest BCUT2D eigenvalue weighted by Crippen LogP contribution is -2.41. The molecule has 21 heavy (non-hydrogen) atoms. The third-order valence-electron chi connectivity index (χ3n) is 3.83. The van der Waals surface area contributed by atoms with Crippen LogP contribution in [0.25, 0.3) is 0 Å². The molecule has 2 N–H and O–H groups in total. The fourth-order valence-electron chi connectivity index (χ4n) is 2.15. The zero-order valence-electron chi connectivity index (χ0n) is 12.0. The molecule has 1 saturated heterocycles. The van der Waals surface area contributed by atoms with Gasteiger partial charge in [-0.1, -0.05) is 29.4 Å². The molecule has 6 nitrogen and oxygen atoms in total. The summed E-state index contributed by atoms with van der Waals surface area (Å²) in [5.41, 5.74) is 6.99. The average molecular weight is 286 g/mol. The first kappa shape index (κ1) is 13.6. The van der Waals surface area contributed by atoms with Crippen LogP contribution in [0.15, 0.2) is 34.5 Å². The Balaban J connectivity index is 1.67. The van der Waals surface area contributed by atoms with Crippen LogP contribution in [-0.4, -0.2) is 41.5 Å². The second-order valence-corrected chi connectivity index (χ2v) is 5.57. The van der Waals surface area contributed by atoms with E-state index in [0.717, 1.165) is 29.9 Å². The smallest absolute Gasteiger partial charge is 0.264 e. The molecule has 0 aromatic heterocycles. The van der Waals surface area contributed by atoms with E-state index in [1.807, 2.05) is 35.5 Å². The van der Waals surface area contributed by atoms with E-state index < -0.39 is 11.5 Å². The molecule has 1 aromatic rings. The van der Waals surface area contributed by atoms with E-state index >= 15 is 0 Å². The molecule has 1 fully saturated rings. The number of benzene rings is 1. The molecule has 0 aliphatic carbocycles. The van der Waals surface area contributed by atoms with Crippen LogP contribution in [0, 0.1) is 0 Å². The number of hydrogen-bond acceptors (Lipinski definition) is 5. The van der Waals surface area contributed by atoms with E-state index in [9.17, 15) is 4.79 Å².